The molecule has 0 fully saturated rings. The fraction of sp³-hybridized carbons (Fsp3) is 0.316. The van der Waals surface area contributed by atoms with Gasteiger partial charge in [-0.05, 0) is 54.8 Å². The number of carbonyl (C=O) groups excluding carboxylic acids is 1. The monoisotopic (exact) mass is 361 g/mol. The zero-order chi connectivity index (χ0) is 17.5. The number of nitrogens with one attached hydrogen (secondary N) is 1. The van der Waals surface area contributed by atoms with Crippen LogP contribution in [0.3, 0.4) is 0 Å². The molecule has 1 unspecified atom stereocenters. The smallest absolute Gasteiger partial charge is 0.224 e. The highest BCUT2D eigenvalue weighted by Gasteiger charge is 2.04. The van der Waals surface area contributed by atoms with Crippen LogP contribution in [0.5, 0.6) is 0 Å². The molecule has 3 nitrogen and oxygen atoms in total. The summed E-state index contributed by atoms with van der Waals surface area (Å²) >= 11 is 1.75. The fourth-order valence-corrected chi connectivity index (χ4v) is 3.59. The third-order valence-electron chi connectivity index (χ3n) is 3.79. The third-order valence-corrected chi connectivity index (χ3v) is 5.72. The molecule has 24 heavy (non-hydrogen) atoms. The summed E-state index contributed by atoms with van der Waals surface area (Å²) in [6, 6.07) is 13.8. The number of carbonyl (C=O) groups is 1. The number of aryl methyl sites for hydroxylation is 2. The van der Waals surface area contributed by atoms with Gasteiger partial charge in [-0.15, -0.1) is 11.8 Å². The first-order chi connectivity index (χ1) is 11.5. The Morgan fingerprint density at radius 1 is 1.08 bits per heavy atom. The summed E-state index contributed by atoms with van der Waals surface area (Å²) in [6.45, 7) is 4.86. The van der Waals surface area contributed by atoms with E-state index in [1.54, 1.807) is 18.0 Å². The second-order valence-corrected chi connectivity index (χ2v) is 8.27. The summed E-state index contributed by atoms with van der Waals surface area (Å²) in [7, 11) is -0.981. The normalized spacial score (nSPS) is 12.0. The van der Waals surface area contributed by atoms with E-state index in [0.717, 1.165) is 16.2 Å². The van der Waals surface area contributed by atoms with Crippen molar-refractivity contribution in [2.75, 3.05) is 18.6 Å². The molecule has 0 aliphatic rings. The van der Waals surface area contributed by atoms with Gasteiger partial charge in [0.15, 0.2) is 0 Å². The molecule has 0 aliphatic carbocycles. The molecule has 1 amide bonds. The Hall–Kier alpha value is -1.59. The molecule has 2 rings (SSSR count). The minimum absolute atomic E-state index is 0.0149. The molecule has 0 aromatic heterocycles. The van der Waals surface area contributed by atoms with Gasteiger partial charge in [0.1, 0.15) is 0 Å². The molecule has 1 N–H and O–H groups in total. The Morgan fingerprint density at radius 3 is 2.42 bits per heavy atom. The van der Waals surface area contributed by atoms with Gasteiger partial charge in [-0.2, -0.15) is 0 Å². The predicted octanol–water partition coefficient (Wildman–Crippen LogP) is 3.49. The number of amides is 1. The van der Waals surface area contributed by atoms with Crippen molar-refractivity contribution in [2.24, 2.45) is 0 Å². The summed E-state index contributed by atoms with van der Waals surface area (Å²) < 4.78 is 11.3. The van der Waals surface area contributed by atoms with Crippen molar-refractivity contribution < 1.29 is 9.00 Å². The maximum Gasteiger partial charge on any atom is 0.224 e. The highest BCUT2D eigenvalue weighted by atomic mass is 32.2. The lowest BCUT2D eigenvalue weighted by Gasteiger charge is -2.07. The molecule has 0 aliphatic heterocycles. The maximum atomic E-state index is 12.0. The summed E-state index contributed by atoms with van der Waals surface area (Å²) in [5.74, 6) is 0.864. The van der Waals surface area contributed by atoms with Gasteiger partial charge in [-0.3, -0.25) is 9.00 Å². The summed E-state index contributed by atoms with van der Waals surface area (Å²) in [5.41, 5.74) is 3.52. The van der Waals surface area contributed by atoms with Crippen LogP contribution in [-0.2, 0) is 22.0 Å². The number of benzene rings is 2. The molecule has 0 saturated carbocycles. The Bertz CT molecular complexity index is 727. The van der Waals surface area contributed by atoms with Crippen molar-refractivity contribution >= 4 is 28.5 Å². The summed E-state index contributed by atoms with van der Waals surface area (Å²) in [4.78, 5) is 14.0. The maximum absolute atomic E-state index is 12.0. The standard InChI is InChI=1S/C19H23NO2S2/c1-14-4-7-17(12-15(14)2)23-11-10-20-19(21)13-16-5-8-18(9-6-16)24(3)22/h4-9,12H,10-11,13H2,1-3H3,(H,20,21). The van der Waals surface area contributed by atoms with E-state index in [-0.39, 0.29) is 5.91 Å². The first-order valence-electron chi connectivity index (χ1n) is 7.85. The van der Waals surface area contributed by atoms with Crippen molar-refractivity contribution in [3.05, 3.63) is 59.2 Å². The number of hydrogen-bond acceptors (Lipinski definition) is 3. The minimum Gasteiger partial charge on any atom is -0.355 e. The molecule has 1 atom stereocenters. The number of hydrogen-bond donors (Lipinski definition) is 1. The van der Waals surface area contributed by atoms with Gasteiger partial charge >= 0.3 is 0 Å². The van der Waals surface area contributed by atoms with E-state index in [2.05, 4.69) is 37.4 Å². The molecule has 5 heteroatoms. The van der Waals surface area contributed by atoms with Crippen LogP contribution in [0.15, 0.2) is 52.3 Å². The number of thioether (sulfide) groups is 1. The average Bonchev–Trinajstić information content (AvgIpc) is 2.55. The predicted molar refractivity (Wildman–Crippen MR) is 102 cm³/mol. The van der Waals surface area contributed by atoms with Crippen molar-refractivity contribution in [3.8, 4) is 0 Å². The first-order valence-corrected chi connectivity index (χ1v) is 10.4. The lowest BCUT2D eigenvalue weighted by molar-refractivity contribution is -0.120. The van der Waals surface area contributed by atoms with Crippen molar-refractivity contribution in [3.63, 3.8) is 0 Å². The van der Waals surface area contributed by atoms with Gasteiger partial charge in [0.25, 0.3) is 0 Å². The van der Waals surface area contributed by atoms with E-state index >= 15 is 0 Å². The van der Waals surface area contributed by atoms with Crippen molar-refractivity contribution in [2.45, 2.75) is 30.1 Å². The zero-order valence-electron chi connectivity index (χ0n) is 14.3. The van der Waals surface area contributed by atoms with Crippen LogP contribution in [0.2, 0.25) is 0 Å². The Morgan fingerprint density at radius 2 is 1.79 bits per heavy atom. The van der Waals surface area contributed by atoms with Crippen LogP contribution in [0.25, 0.3) is 0 Å². The van der Waals surface area contributed by atoms with Crippen LogP contribution in [0.4, 0.5) is 0 Å². The highest BCUT2D eigenvalue weighted by Crippen LogP contribution is 2.20. The fourth-order valence-electron chi connectivity index (χ4n) is 2.21. The minimum atomic E-state index is -0.981. The molecule has 0 spiro atoms. The van der Waals surface area contributed by atoms with Crippen LogP contribution in [0.1, 0.15) is 16.7 Å². The Kier molecular flexibility index (Phi) is 7.06. The van der Waals surface area contributed by atoms with Gasteiger partial charge in [-0.1, -0.05) is 18.2 Å². The molecular formula is C19H23NO2S2. The first kappa shape index (κ1) is 18.7. The second kappa shape index (κ2) is 9.04. The van der Waals surface area contributed by atoms with Gasteiger partial charge < -0.3 is 5.32 Å². The molecule has 2 aromatic carbocycles. The molecule has 0 saturated heterocycles. The van der Waals surface area contributed by atoms with Crippen LogP contribution >= 0.6 is 11.8 Å². The van der Waals surface area contributed by atoms with Crippen molar-refractivity contribution in [1.29, 1.82) is 0 Å². The van der Waals surface area contributed by atoms with E-state index in [1.165, 1.54) is 16.0 Å². The van der Waals surface area contributed by atoms with E-state index in [1.807, 2.05) is 24.3 Å². The molecular weight excluding hydrogens is 338 g/mol. The molecule has 128 valence electrons. The third kappa shape index (κ3) is 5.80. The van der Waals surface area contributed by atoms with Gasteiger partial charge in [0.2, 0.25) is 5.91 Å². The SMILES string of the molecule is Cc1ccc(SCCNC(=O)Cc2ccc(S(C)=O)cc2)cc1C. The molecule has 0 bridgehead atoms. The van der Waals surface area contributed by atoms with Crippen LogP contribution in [-0.4, -0.2) is 28.7 Å². The zero-order valence-corrected chi connectivity index (χ0v) is 15.9. The van der Waals surface area contributed by atoms with E-state index < -0.39 is 10.8 Å². The van der Waals surface area contributed by atoms with Crippen LogP contribution < -0.4 is 5.32 Å². The number of rotatable bonds is 7. The molecule has 0 heterocycles. The topological polar surface area (TPSA) is 46.2 Å². The van der Waals surface area contributed by atoms with Gasteiger partial charge in [0.05, 0.1) is 6.42 Å². The molecule has 2 aromatic rings. The van der Waals surface area contributed by atoms with Crippen molar-refractivity contribution in [1.82, 2.24) is 5.32 Å². The van der Waals surface area contributed by atoms with E-state index in [0.29, 0.717) is 13.0 Å². The lowest BCUT2D eigenvalue weighted by Crippen LogP contribution is -2.27. The summed E-state index contributed by atoms with van der Waals surface area (Å²) in [5, 5.41) is 2.95. The molecule has 0 radical (unpaired) electrons. The Balaban J connectivity index is 1.73. The quantitative estimate of drug-likeness (QED) is 0.606. The largest absolute Gasteiger partial charge is 0.355 e. The van der Waals surface area contributed by atoms with Crippen LogP contribution in [0, 0.1) is 13.8 Å². The summed E-state index contributed by atoms with van der Waals surface area (Å²) in [6.07, 6.45) is 2.00. The average molecular weight is 362 g/mol. The highest BCUT2D eigenvalue weighted by molar-refractivity contribution is 7.99. The lowest BCUT2D eigenvalue weighted by atomic mass is 10.1. The van der Waals surface area contributed by atoms with E-state index in [4.69, 9.17) is 0 Å². The Labute approximate surface area is 150 Å². The second-order valence-electron chi connectivity index (χ2n) is 5.72. The van der Waals surface area contributed by atoms with Gasteiger partial charge in [0, 0.05) is 39.1 Å². The van der Waals surface area contributed by atoms with Gasteiger partial charge in [-0.25, -0.2) is 0 Å². The van der Waals surface area contributed by atoms with E-state index in [9.17, 15) is 9.00 Å².